The van der Waals surface area contributed by atoms with Gasteiger partial charge in [0, 0.05) is 6.92 Å². The Labute approximate surface area is 197 Å². The van der Waals surface area contributed by atoms with Gasteiger partial charge in [0.2, 0.25) is 0 Å². The maximum absolute atomic E-state index is 11.5. The Morgan fingerprint density at radius 2 is 1.69 bits per heavy atom. The Morgan fingerprint density at radius 3 is 2.38 bits per heavy atom. The van der Waals surface area contributed by atoms with Crippen LogP contribution in [0.5, 0.6) is 0 Å². The summed E-state index contributed by atoms with van der Waals surface area (Å²) in [6.07, 6.45) is 17.9. The lowest BCUT2D eigenvalue weighted by Gasteiger charge is -2.58. The molecule has 0 saturated heterocycles. The highest BCUT2D eigenvalue weighted by molar-refractivity contribution is 5.66. The van der Waals surface area contributed by atoms with E-state index in [2.05, 4.69) is 59.8 Å². The Bertz CT molecular complexity index is 763. The largest absolute Gasteiger partial charge is 0.463 e. The molecule has 4 aliphatic carbocycles. The van der Waals surface area contributed by atoms with Gasteiger partial charge in [-0.3, -0.25) is 4.79 Å². The van der Waals surface area contributed by atoms with Crippen LogP contribution < -0.4 is 0 Å². The van der Waals surface area contributed by atoms with Gasteiger partial charge in [-0.1, -0.05) is 65.3 Å². The molecule has 0 aromatic carbocycles. The van der Waals surface area contributed by atoms with Crippen LogP contribution in [0.1, 0.15) is 99.8 Å². The molecule has 9 atom stereocenters. The summed E-state index contributed by atoms with van der Waals surface area (Å²) in [4.78, 5) is 11.5. The van der Waals surface area contributed by atoms with E-state index in [1.807, 2.05) is 5.57 Å². The molecule has 0 N–H and O–H groups in total. The molecule has 3 saturated carbocycles. The number of esters is 1. The van der Waals surface area contributed by atoms with Gasteiger partial charge in [0.25, 0.3) is 0 Å². The molecule has 2 heteroatoms. The van der Waals surface area contributed by atoms with E-state index in [0.29, 0.717) is 28.6 Å². The number of rotatable bonds is 5. The third-order valence-electron chi connectivity index (χ3n) is 10.8. The Morgan fingerprint density at radius 1 is 1.00 bits per heavy atom. The van der Waals surface area contributed by atoms with Gasteiger partial charge in [-0.05, 0) is 104 Å². The first-order valence-electron chi connectivity index (χ1n) is 13.6. The smallest absolute Gasteiger partial charge is 0.302 e. The van der Waals surface area contributed by atoms with Gasteiger partial charge >= 0.3 is 5.97 Å². The zero-order chi connectivity index (χ0) is 23.3. The lowest BCUT2D eigenvalue weighted by molar-refractivity contribution is -0.152. The molecule has 0 heterocycles. The summed E-state index contributed by atoms with van der Waals surface area (Å²) in [7, 11) is 0. The van der Waals surface area contributed by atoms with Crippen molar-refractivity contribution < 1.29 is 9.53 Å². The molecule has 0 amide bonds. The predicted molar refractivity (Wildman–Crippen MR) is 133 cm³/mol. The summed E-state index contributed by atoms with van der Waals surface area (Å²) in [5.41, 5.74) is 2.70. The molecular formula is C30H48O2. The van der Waals surface area contributed by atoms with E-state index in [0.717, 1.165) is 36.5 Å². The third kappa shape index (κ3) is 4.14. The number of fused-ring (bicyclic) bond motifs is 5. The molecular weight excluding hydrogens is 392 g/mol. The van der Waals surface area contributed by atoms with Crippen molar-refractivity contribution in [1.29, 1.82) is 0 Å². The highest BCUT2D eigenvalue weighted by Gasteiger charge is 2.58. The maximum atomic E-state index is 11.5. The molecule has 0 bridgehead atoms. The number of ether oxygens (including phenoxy) is 1. The Kier molecular flexibility index (Phi) is 6.74. The average molecular weight is 441 g/mol. The standard InChI is InChI=1S/C30H48O2/c1-19(2)20(3)8-9-21(4)26-12-13-27-25-11-10-23-18-24(32-22(5)31)14-16-29(23,6)28(25)15-17-30(26,27)7/h8-9,11,19-21,23-24,26-28H,10,12-18H2,1-7H3/b9-8+/t20-,21+,23?,24?,26?,27?,28?,29?,30?/m0/s1. The van der Waals surface area contributed by atoms with Gasteiger partial charge in [-0.25, -0.2) is 0 Å². The fraction of sp³-hybridized carbons (Fsp3) is 0.833. The number of carbonyl (C=O) groups excluding carboxylic acids is 1. The van der Waals surface area contributed by atoms with Crippen molar-refractivity contribution >= 4 is 5.97 Å². The highest BCUT2D eigenvalue weighted by atomic mass is 16.5. The van der Waals surface area contributed by atoms with Crippen LogP contribution in [-0.4, -0.2) is 12.1 Å². The lowest BCUT2D eigenvalue weighted by Crippen LogP contribution is -2.50. The first-order valence-corrected chi connectivity index (χ1v) is 13.6. The number of hydrogen-bond acceptors (Lipinski definition) is 2. The van der Waals surface area contributed by atoms with Crippen LogP contribution in [0, 0.1) is 52.3 Å². The molecule has 4 aliphatic rings. The van der Waals surface area contributed by atoms with E-state index in [-0.39, 0.29) is 12.1 Å². The van der Waals surface area contributed by atoms with Crippen LogP contribution in [0.4, 0.5) is 0 Å². The fourth-order valence-electron chi connectivity index (χ4n) is 8.43. The van der Waals surface area contributed by atoms with Crippen LogP contribution in [0.25, 0.3) is 0 Å². The van der Waals surface area contributed by atoms with E-state index in [9.17, 15) is 4.79 Å². The second-order valence-corrected chi connectivity index (χ2v) is 12.8. The summed E-state index contributed by atoms with van der Waals surface area (Å²) in [6.45, 7) is 16.3. The van der Waals surface area contributed by atoms with Crippen LogP contribution in [0.15, 0.2) is 23.8 Å². The van der Waals surface area contributed by atoms with Crippen molar-refractivity contribution in [2.24, 2.45) is 52.3 Å². The predicted octanol–water partition coefficient (Wildman–Crippen LogP) is 7.98. The summed E-state index contributed by atoms with van der Waals surface area (Å²) in [6, 6.07) is 0. The van der Waals surface area contributed by atoms with Gasteiger partial charge in [-0.2, -0.15) is 0 Å². The van der Waals surface area contributed by atoms with Crippen molar-refractivity contribution in [3.63, 3.8) is 0 Å². The molecule has 0 radical (unpaired) electrons. The third-order valence-corrected chi connectivity index (χ3v) is 10.8. The number of carbonyl (C=O) groups is 1. The lowest BCUT2D eigenvalue weighted by atomic mass is 9.47. The first-order chi connectivity index (χ1) is 15.1. The minimum atomic E-state index is -0.109. The quantitative estimate of drug-likeness (QED) is 0.320. The van der Waals surface area contributed by atoms with Crippen molar-refractivity contribution in [3.8, 4) is 0 Å². The average Bonchev–Trinajstić information content (AvgIpc) is 3.08. The molecule has 0 aromatic heterocycles. The SMILES string of the molecule is CC(=O)OC1CCC2(C)C(CC=C3C2CCC2(C)C3CCC2[C@H](C)/C=C/[C@H](C)C(C)C)C1. The molecule has 0 aromatic rings. The molecule has 0 aliphatic heterocycles. The van der Waals surface area contributed by atoms with Crippen LogP contribution in [-0.2, 0) is 9.53 Å². The van der Waals surface area contributed by atoms with E-state index in [1.165, 1.54) is 38.5 Å². The molecule has 180 valence electrons. The van der Waals surface area contributed by atoms with Crippen molar-refractivity contribution in [2.75, 3.05) is 0 Å². The summed E-state index contributed by atoms with van der Waals surface area (Å²) < 4.78 is 5.64. The van der Waals surface area contributed by atoms with Crippen molar-refractivity contribution in [3.05, 3.63) is 23.8 Å². The van der Waals surface area contributed by atoms with Gasteiger partial charge in [0.05, 0.1) is 0 Å². The minimum absolute atomic E-state index is 0.109. The second kappa shape index (κ2) is 8.95. The summed E-state index contributed by atoms with van der Waals surface area (Å²) in [5, 5.41) is 0. The van der Waals surface area contributed by atoms with Crippen LogP contribution in [0.3, 0.4) is 0 Å². The topological polar surface area (TPSA) is 26.3 Å². The first kappa shape index (κ1) is 24.1. The summed E-state index contributed by atoms with van der Waals surface area (Å²) >= 11 is 0. The Balaban J connectivity index is 1.51. The van der Waals surface area contributed by atoms with E-state index >= 15 is 0 Å². The number of hydrogen-bond donors (Lipinski definition) is 0. The number of allylic oxidation sites excluding steroid dienone is 4. The molecule has 32 heavy (non-hydrogen) atoms. The van der Waals surface area contributed by atoms with Gasteiger partial charge < -0.3 is 4.74 Å². The van der Waals surface area contributed by atoms with Gasteiger partial charge in [0.1, 0.15) is 6.10 Å². The van der Waals surface area contributed by atoms with Crippen LogP contribution in [0.2, 0.25) is 0 Å². The zero-order valence-corrected chi connectivity index (χ0v) is 21.8. The van der Waals surface area contributed by atoms with E-state index in [1.54, 1.807) is 6.92 Å². The van der Waals surface area contributed by atoms with Gasteiger partial charge in [0.15, 0.2) is 0 Å². The second-order valence-electron chi connectivity index (χ2n) is 12.8. The zero-order valence-electron chi connectivity index (χ0n) is 21.8. The molecule has 0 spiro atoms. The van der Waals surface area contributed by atoms with E-state index in [4.69, 9.17) is 4.74 Å². The van der Waals surface area contributed by atoms with Crippen LogP contribution >= 0.6 is 0 Å². The van der Waals surface area contributed by atoms with E-state index < -0.39 is 0 Å². The monoisotopic (exact) mass is 440 g/mol. The van der Waals surface area contributed by atoms with Crippen molar-refractivity contribution in [1.82, 2.24) is 0 Å². The maximum Gasteiger partial charge on any atom is 0.302 e. The summed E-state index contributed by atoms with van der Waals surface area (Å²) in [5.74, 6) is 4.98. The molecule has 3 fully saturated rings. The van der Waals surface area contributed by atoms with Gasteiger partial charge in [-0.15, -0.1) is 0 Å². The normalized spacial score (nSPS) is 43.2. The highest BCUT2D eigenvalue weighted by Crippen LogP contribution is 2.66. The molecule has 7 unspecified atom stereocenters. The van der Waals surface area contributed by atoms with Crippen molar-refractivity contribution in [2.45, 2.75) is 106 Å². The fourth-order valence-corrected chi connectivity index (χ4v) is 8.43. The molecule has 2 nitrogen and oxygen atoms in total. The Hall–Kier alpha value is -1.05. The molecule has 4 rings (SSSR count). The minimum Gasteiger partial charge on any atom is -0.463 e.